The van der Waals surface area contributed by atoms with Gasteiger partial charge in [0, 0.05) is 12.2 Å². The molecule has 0 aliphatic carbocycles. The predicted octanol–water partition coefficient (Wildman–Crippen LogP) is 2.42. The predicted molar refractivity (Wildman–Crippen MR) is 59.5 cm³/mol. The Hall–Kier alpha value is -1.55. The number of carbonyl (C=O) groups is 1. The summed E-state index contributed by atoms with van der Waals surface area (Å²) in [6, 6.07) is 1.41. The molecule has 0 saturated heterocycles. The molecule has 2 N–H and O–H groups in total. The fourth-order valence-electron chi connectivity index (χ4n) is 0.974. The van der Waals surface area contributed by atoms with Crippen LogP contribution in [0.1, 0.15) is 17.3 Å². The zero-order chi connectivity index (χ0) is 11.4. The summed E-state index contributed by atoms with van der Waals surface area (Å²) in [4.78, 5) is 14.7. The number of aromatic nitrogens is 1. The van der Waals surface area contributed by atoms with Crippen LogP contribution in [-0.2, 0) is 0 Å². The first-order valence-corrected chi connectivity index (χ1v) is 4.70. The molecule has 5 heteroatoms. The number of hydrogen-bond acceptors (Lipinski definition) is 3. The Balaban J connectivity index is 2.97. The van der Waals surface area contributed by atoms with Crippen molar-refractivity contribution >= 4 is 23.4 Å². The molecule has 0 fully saturated rings. The Morgan fingerprint density at radius 1 is 1.80 bits per heavy atom. The lowest BCUT2D eigenvalue weighted by Crippen LogP contribution is -2.13. The van der Waals surface area contributed by atoms with E-state index < -0.39 is 5.97 Å². The zero-order valence-corrected chi connectivity index (χ0v) is 8.95. The summed E-state index contributed by atoms with van der Waals surface area (Å²) in [6.07, 6.45) is 3.00. The first-order chi connectivity index (χ1) is 7.04. The summed E-state index contributed by atoms with van der Waals surface area (Å²) >= 11 is 5.67. The molecule has 1 aromatic rings. The van der Waals surface area contributed by atoms with Gasteiger partial charge < -0.3 is 10.4 Å². The van der Waals surface area contributed by atoms with Gasteiger partial charge in [0.2, 0.25) is 0 Å². The van der Waals surface area contributed by atoms with Crippen LogP contribution in [0.5, 0.6) is 0 Å². The highest BCUT2D eigenvalue weighted by Gasteiger charge is 2.10. The van der Waals surface area contributed by atoms with Gasteiger partial charge in [0.15, 0.2) is 0 Å². The largest absolute Gasteiger partial charge is 0.478 e. The van der Waals surface area contributed by atoms with Crippen LogP contribution in [0.15, 0.2) is 24.9 Å². The lowest BCUT2D eigenvalue weighted by Gasteiger charge is -2.10. The van der Waals surface area contributed by atoms with Crippen LogP contribution < -0.4 is 5.32 Å². The number of carboxylic acids is 1. The van der Waals surface area contributed by atoms with E-state index >= 15 is 0 Å². The van der Waals surface area contributed by atoms with Gasteiger partial charge in [-0.3, -0.25) is 0 Å². The van der Waals surface area contributed by atoms with Crippen LogP contribution in [0.3, 0.4) is 0 Å². The van der Waals surface area contributed by atoms with Gasteiger partial charge in [-0.1, -0.05) is 17.7 Å². The van der Waals surface area contributed by atoms with Gasteiger partial charge in [0.1, 0.15) is 5.82 Å². The molecule has 0 aromatic carbocycles. The summed E-state index contributed by atoms with van der Waals surface area (Å²) in [7, 11) is 0. The number of nitrogens with zero attached hydrogens (tertiary/aromatic N) is 1. The fraction of sp³-hybridized carbons (Fsp3) is 0.200. The maximum atomic E-state index is 10.8. The number of aromatic carboxylic acids is 1. The molecule has 0 amide bonds. The number of carboxylic acid groups (broad SMARTS) is 1. The zero-order valence-electron chi connectivity index (χ0n) is 8.20. The van der Waals surface area contributed by atoms with E-state index in [2.05, 4.69) is 16.9 Å². The van der Waals surface area contributed by atoms with Crippen molar-refractivity contribution in [3.63, 3.8) is 0 Å². The SMILES string of the molecule is C=CC(C)Nc1cc(C(=O)O)c(Cl)cn1. The molecule has 0 aliphatic heterocycles. The standard InChI is InChI=1S/C10H11ClN2O2/c1-3-6(2)13-9-4-7(10(14)15)8(11)5-12-9/h3-6H,1H2,2H3,(H,12,13)(H,14,15). The third-order valence-corrected chi connectivity index (χ3v) is 2.12. The lowest BCUT2D eigenvalue weighted by atomic mass is 10.2. The number of pyridine rings is 1. The molecule has 4 nitrogen and oxygen atoms in total. The second kappa shape index (κ2) is 4.79. The van der Waals surface area contributed by atoms with E-state index in [1.54, 1.807) is 6.08 Å². The molecular formula is C10H11ClN2O2. The van der Waals surface area contributed by atoms with E-state index in [1.807, 2.05) is 6.92 Å². The Morgan fingerprint density at radius 3 is 3.00 bits per heavy atom. The first-order valence-electron chi connectivity index (χ1n) is 4.32. The van der Waals surface area contributed by atoms with E-state index in [0.29, 0.717) is 5.82 Å². The molecule has 0 bridgehead atoms. The van der Waals surface area contributed by atoms with E-state index in [4.69, 9.17) is 16.7 Å². The third kappa shape index (κ3) is 2.95. The minimum Gasteiger partial charge on any atom is -0.478 e. The van der Waals surface area contributed by atoms with E-state index in [1.165, 1.54) is 12.3 Å². The molecule has 1 rings (SSSR count). The summed E-state index contributed by atoms with van der Waals surface area (Å²) < 4.78 is 0. The molecule has 80 valence electrons. The van der Waals surface area contributed by atoms with Crippen molar-refractivity contribution in [3.8, 4) is 0 Å². The van der Waals surface area contributed by atoms with Crippen LogP contribution in [0.4, 0.5) is 5.82 Å². The van der Waals surface area contributed by atoms with Gasteiger partial charge in [-0.25, -0.2) is 9.78 Å². The topological polar surface area (TPSA) is 62.2 Å². The van der Waals surface area contributed by atoms with Crippen molar-refractivity contribution in [1.82, 2.24) is 4.98 Å². The maximum absolute atomic E-state index is 10.8. The number of anilines is 1. The average Bonchev–Trinajstić information content (AvgIpc) is 2.20. The highest BCUT2D eigenvalue weighted by atomic mass is 35.5. The average molecular weight is 227 g/mol. The van der Waals surface area contributed by atoms with Crippen molar-refractivity contribution in [2.45, 2.75) is 13.0 Å². The molecule has 15 heavy (non-hydrogen) atoms. The molecule has 1 heterocycles. The molecule has 0 radical (unpaired) electrons. The fourth-order valence-corrected chi connectivity index (χ4v) is 1.16. The van der Waals surface area contributed by atoms with Gasteiger partial charge in [0.25, 0.3) is 0 Å². The maximum Gasteiger partial charge on any atom is 0.337 e. The Bertz CT molecular complexity index is 393. The Labute approximate surface area is 92.6 Å². The van der Waals surface area contributed by atoms with Crippen molar-refractivity contribution in [2.75, 3.05) is 5.32 Å². The van der Waals surface area contributed by atoms with Crippen molar-refractivity contribution in [1.29, 1.82) is 0 Å². The van der Waals surface area contributed by atoms with E-state index in [0.717, 1.165) is 0 Å². The molecule has 1 atom stereocenters. The van der Waals surface area contributed by atoms with E-state index in [9.17, 15) is 4.79 Å². The molecule has 0 aliphatic rings. The number of rotatable bonds is 4. The van der Waals surface area contributed by atoms with Crippen LogP contribution in [0.2, 0.25) is 5.02 Å². The number of halogens is 1. The molecular weight excluding hydrogens is 216 g/mol. The highest BCUT2D eigenvalue weighted by Crippen LogP contribution is 2.18. The molecule has 1 aromatic heterocycles. The van der Waals surface area contributed by atoms with Gasteiger partial charge in [0.05, 0.1) is 10.6 Å². The summed E-state index contributed by atoms with van der Waals surface area (Å²) in [5, 5.41) is 11.9. The van der Waals surface area contributed by atoms with Crippen LogP contribution >= 0.6 is 11.6 Å². The highest BCUT2D eigenvalue weighted by molar-refractivity contribution is 6.33. The van der Waals surface area contributed by atoms with Crippen LogP contribution in [0, 0.1) is 0 Å². The van der Waals surface area contributed by atoms with Crippen molar-refractivity contribution in [2.24, 2.45) is 0 Å². The summed E-state index contributed by atoms with van der Waals surface area (Å²) in [6.45, 7) is 5.48. The molecule has 1 unspecified atom stereocenters. The smallest absolute Gasteiger partial charge is 0.337 e. The van der Waals surface area contributed by atoms with Gasteiger partial charge in [-0.15, -0.1) is 6.58 Å². The molecule has 0 saturated carbocycles. The Morgan fingerprint density at radius 2 is 2.47 bits per heavy atom. The normalized spacial score (nSPS) is 11.9. The van der Waals surface area contributed by atoms with Crippen molar-refractivity contribution < 1.29 is 9.90 Å². The van der Waals surface area contributed by atoms with E-state index in [-0.39, 0.29) is 16.6 Å². The second-order valence-electron chi connectivity index (χ2n) is 3.02. The molecule has 0 spiro atoms. The second-order valence-corrected chi connectivity index (χ2v) is 3.43. The van der Waals surface area contributed by atoms with Crippen molar-refractivity contribution in [3.05, 3.63) is 35.5 Å². The van der Waals surface area contributed by atoms with Crippen LogP contribution in [-0.4, -0.2) is 22.1 Å². The Kier molecular flexibility index (Phi) is 3.68. The number of nitrogens with one attached hydrogen (secondary N) is 1. The third-order valence-electron chi connectivity index (χ3n) is 1.81. The number of hydrogen-bond donors (Lipinski definition) is 2. The van der Waals surface area contributed by atoms with Gasteiger partial charge >= 0.3 is 5.97 Å². The summed E-state index contributed by atoms with van der Waals surface area (Å²) in [5.41, 5.74) is 0.0328. The summed E-state index contributed by atoms with van der Waals surface area (Å²) in [5.74, 6) is -0.610. The van der Waals surface area contributed by atoms with Gasteiger partial charge in [-0.05, 0) is 13.0 Å². The monoisotopic (exact) mass is 226 g/mol. The minimum atomic E-state index is -1.07. The lowest BCUT2D eigenvalue weighted by molar-refractivity contribution is 0.0697. The van der Waals surface area contributed by atoms with Gasteiger partial charge in [-0.2, -0.15) is 0 Å². The van der Waals surface area contributed by atoms with Crippen LogP contribution in [0.25, 0.3) is 0 Å². The quantitative estimate of drug-likeness (QED) is 0.774. The first kappa shape index (κ1) is 11.5. The minimum absolute atomic E-state index is 0.0142.